The highest BCUT2D eigenvalue weighted by molar-refractivity contribution is 9.10. The van der Waals surface area contributed by atoms with E-state index in [0.29, 0.717) is 11.4 Å². The highest BCUT2D eigenvalue weighted by Gasteiger charge is 2.21. The monoisotopic (exact) mass is 374 g/mol. The van der Waals surface area contributed by atoms with Gasteiger partial charge in [-0.3, -0.25) is 9.59 Å². The molecule has 0 fully saturated rings. The molecule has 0 spiro atoms. The zero-order chi connectivity index (χ0) is 17.0. The van der Waals surface area contributed by atoms with Gasteiger partial charge >= 0.3 is 11.8 Å². The van der Waals surface area contributed by atoms with Gasteiger partial charge in [0.15, 0.2) is 0 Å². The fourth-order valence-corrected chi connectivity index (χ4v) is 2.58. The van der Waals surface area contributed by atoms with Gasteiger partial charge in [-0.15, -0.1) is 0 Å². The van der Waals surface area contributed by atoms with E-state index in [4.69, 9.17) is 0 Å². The van der Waals surface area contributed by atoms with Crippen LogP contribution in [0, 0.1) is 0 Å². The van der Waals surface area contributed by atoms with Gasteiger partial charge in [0.05, 0.1) is 0 Å². The predicted octanol–water partition coefficient (Wildman–Crippen LogP) is 4.32. The lowest BCUT2D eigenvalue weighted by Crippen LogP contribution is -2.30. The molecule has 5 heteroatoms. The summed E-state index contributed by atoms with van der Waals surface area (Å²) < 4.78 is 0.828. The highest BCUT2D eigenvalue weighted by atomic mass is 79.9. The molecule has 23 heavy (non-hydrogen) atoms. The lowest BCUT2D eigenvalue weighted by Gasteiger charge is -2.22. The number of anilines is 2. The molecule has 0 radical (unpaired) electrons. The Labute approximate surface area is 144 Å². The van der Waals surface area contributed by atoms with Crippen LogP contribution in [0.1, 0.15) is 26.3 Å². The average molecular weight is 375 g/mol. The predicted molar refractivity (Wildman–Crippen MR) is 96.5 cm³/mol. The van der Waals surface area contributed by atoms with Crippen LogP contribution in [0.5, 0.6) is 0 Å². The molecule has 2 aromatic rings. The molecule has 0 unspecified atom stereocenters. The van der Waals surface area contributed by atoms with E-state index >= 15 is 0 Å². The largest absolute Gasteiger partial charge is 0.318 e. The summed E-state index contributed by atoms with van der Waals surface area (Å²) in [6.45, 7) is 6.17. The van der Waals surface area contributed by atoms with Crippen molar-refractivity contribution in [1.29, 1.82) is 0 Å². The van der Waals surface area contributed by atoms with Gasteiger partial charge < -0.3 is 10.6 Å². The Balaban J connectivity index is 2.12. The molecule has 0 aliphatic rings. The summed E-state index contributed by atoms with van der Waals surface area (Å²) in [5.74, 6) is -1.39. The summed E-state index contributed by atoms with van der Waals surface area (Å²) in [4.78, 5) is 24.2. The van der Waals surface area contributed by atoms with E-state index in [1.54, 1.807) is 24.3 Å². The molecule has 2 aromatic carbocycles. The van der Waals surface area contributed by atoms with Crippen LogP contribution in [-0.2, 0) is 15.0 Å². The maximum absolute atomic E-state index is 12.1. The molecule has 0 aliphatic carbocycles. The zero-order valence-electron chi connectivity index (χ0n) is 13.3. The third-order valence-electron chi connectivity index (χ3n) is 3.27. The van der Waals surface area contributed by atoms with Crippen molar-refractivity contribution >= 4 is 39.1 Å². The topological polar surface area (TPSA) is 58.2 Å². The first-order valence-electron chi connectivity index (χ1n) is 7.25. The molecule has 120 valence electrons. The van der Waals surface area contributed by atoms with Crippen molar-refractivity contribution in [3.63, 3.8) is 0 Å². The molecule has 2 N–H and O–H groups in total. The van der Waals surface area contributed by atoms with Crippen LogP contribution in [0.3, 0.4) is 0 Å². The molecule has 0 atom stereocenters. The third kappa shape index (κ3) is 4.66. The van der Waals surface area contributed by atoms with Gasteiger partial charge in [-0.1, -0.05) is 61.0 Å². The third-order valence-corrected chi connectivity index (χ3v) is 3.77. The molecular weight excluding hydrogens is 356 g/mol. The second kappa shape index (κ2) is 6.96. The first kappa shape index (κ1) is 17.2. The minimum atomic E-state index is -0.702. The van der Waals surface area contributed by atoms with Gasteiger partial charge in [0, 0.05) is 15.8 Å². The van der Waals surface area contributed by atoms with Crippen molar-refractivity contribution < 1.29 is 9.59 Å². The van der Waals surface area contributed by atoms with Gasteiger partial charge in [0.2, 0.25) is 0 Å². The number of hydrogen-bond acceptors (Lipinski definition) is 2. The Bertz CT molecular complexity index is 736. The van der Waals surface area contributed by atoms with E-state index in [-0.39, 0.29) is 5.41 Å². The number of para-hydroxylation sites is 1. The Hall–Kier alpha value is -2.14. The van der Waals surface area contributed by atoms with Crippen LogP contribution in [0.15, 0.2) is 53.0 Å². The van der Waals surface area contributed by atoms with Crippen LogP contribution < -0.4 is 10.6 Å². The standard InChI is InChI=1S/C18H19BrN2O2/c1-18(2,3)14-9-4-5-10-15(14)21-17(23)16(22)20-13-8-6-7-12(19)11-13/h4-11H,1-3H3,(H,20,22)(H,21,23). The number of rotatable bonds is 2. The number of carbonyl (C=O) groups is 2. The van der Waals surface area contributed by atoms with Gasteiger partial charge in [-0.2, -0.15) is 0 Å². The van der Waals surface area contributed by atoms with E-state index in [9.17, 15) is 9.59 Å². The summed E-state index contributed by atoms with van der Waals surface area (Å²) >= 11 is 3.32. The zero-order valence-corrected chi connectivity index (χ0v) is 14.9. The molecule has 0 saturated heterocycles. The van der Waals surface area contributed by atoms with Crippen LogP contribution in [0.2, 0.25) is 0 Å². The van der Waals surface area contributed by atoms with Gasteiger partial charge in [-0.25, -0.2) is 0 Å². The second-order valence-corrected chi connectivity index (χ2v) is 7.13. The molecule has 0 bridgehead atoms. The van der Waals surface area contributed by atoms with Crippen LogP contribution in [0.4, 0.5) is 11.4 Å². The fraction of sp³-hybridized carbons (Fsp3) is 0.222. The molecule has 4 nitrogen and oxygen atoms in total. The molecule has 0 saturated carbocycles. The van der Waals surface area contributed by atoms with E-state index < -0.39 is 11.8 Å². The average Bonchev–Trinajstić information content (AvgIpc) is 2.46. The molecule has 0 aromatic heterocycles. The minimum Gasteiger partial charge on any atom is -0.318 e. The quantitative estimate of drug-likeness (QED) is 0.768. The number of nitrogens with one attached hydrogen (secondary N) is 2. The van der Waals surface area contributed by atoms with E-state index in [2.05, 4.69) is 47.3 Å². The molecule has 2 amide bonds. The number of benzene rings is 2. The smallest absolute Gasteiger partial charge is 0.314 e. The summed E-state index contributed by atoms with van der Waals surface area (Å²) in [7, 11) is 0. The summed E-state index contributed by atoms with van der Waals surface area (Å²) in [5.41, 5.74) is 2.05. The SMILES string of the molecule is CC(C)(C)c1ccccc1NC(=O)C(=O)Nc1cccc(Br)c1. The summed E-state index contributed by atoms with van der Waals surface area (Å²) in [6.07, 6.45) is 0. The Kier molecular flexibility index (Phi) is 5.21. The minimum absolute atomic E-state index is 0.134. The van der Waals surface area contributed by atoms with E-state index in [1.165, 1.54) is 0 Å². The van der Waals surface area contributed by atoms with Crippen molar-refractivity contribution in [3.8, 4) is 0 Å². The van der Waals surface area contributed by atoms with Gasteiger partial charge in [0.25, 0.3) is 0 Å². The number of hydrogen-bond donors (Lipinski definition) is 2. The van der Waals surface area contributed by atoms with Crippen LogP contribution in [-0.4, -0.2) is 11.8 Å². The van der Waals surface area contributed by atoms with Crippen molar-refractivity contribution in [1.82, 2.24) is 0 Å². The molecule has 0 heterocycles. The summed E-state index contributed by atoms with van der Waals surface area (Å²) in [6, 6.07) is 14.6. The van der Waals surface area contributed by atoms with Crippen molar-refractivity contribution in [2.24, 2.45) is 0 Å². The van der Waals surface area contributed by atoms with Gasteiger partial charge in [0.1, 0.15) is 0 Å². The molecular formula is C18H19BrN2O2. The number of carbonyl (C=O) groups excluding carboxylic acids is 2. The van der Waals surface area contributed by atoms with Crippen LogP contribution >= 0.6 is 15.9 Å². The van der Waals surface area contributed by atoms with Crippen molar-refractivity contribution in [3.05, 3.63) is 58.6 Å². The first-order valence-corrected chi connectivity index (χ1v) is 8.04. The summed E-state index contributed by atoms with van der Waals surface area (Å²) in [5, 5.41) is 5.27. The first-order chi connectivity index (χ1) is 10.8. The molecule has 0 aliphatic heterocycles. The molecule has 2 rings (SSSR count). The lowest BCUT2D eigenvalue weighted by molar-refractivity contribution is -0.133. The van der Waals surface area contributed by atoms with Gasteiger partial charge in [-0.05, 0) is 35.2 Å². The van der Waals surface area contributed by atoms with Crippen LogP contribution in [0.25, 0.3) is 0 Å². The fourth-order valence-electron chi connectivity index (χ4n) is 2.18. The van der Waals surface area contributed by atoms with Crippen molar-refractivity contribution in [2.75, 3.05) is 10.6 Å². The maximum Gasteiger partial charge on any atom is 0.314 e. The Morgan fingerprint density at radius 2 is 1.57 bits per heavy atom. The normalized spacial score (nSPS) is 11.0. The number of amides is 2. The van der Waals surface area contributed by atoms with Crippen molar-refractivity contribution in [2.45, 2.75) is 26.2 Å². The number of halogens is 1. The maximum atomic E-state index is 12.1. The highest BCUT2D eigenvalue weighted by Crippen LogP contribution is 2.29. The van der Waals surface area contributed by atoms with E-state index in [0.717, 1.165) is 10.0 Å². The Morgan fingerprint density at radius 1 is 0.913 bits per heavy atom. The second-order valence-electron chi connectivity index (χ2n) is 6.21. The van der Waals surface area contributed by atoms with E-state index in [1.807, 2.05) is 24.3 Å². The Morgan fingerprint density at radius 3 is 2.22 bits per heavy atom. The lowest BCUT2D eigenvalue weighted by atomic mass is 9.86.